The minimum atomic E-state index is -0.634. The van der Waals surface area contributed by atoms with Crippen LogP contribution in [0.4, 0.5) is 19.4 Å². The molecule has 0 aliphatic heterocycles. The molecule has 3 aromatic rings. The van der Waals surface area contributed by atoms with Crippen LogP contribution in [-0.2, 0) is 13.5 Å². The number of anilines is 1. The van der Waals surface area contributed by atoms with Gasteiger partial charge in [0.15, 0.2) is 5.82 Å². The van der Waals surface area contributed by atoms with Crippen LogP contribution in [0.5, 0.6) is 0 Å². The lowest BCUT2D eigenvalue weighted by Crippen LogP contribution is -2.30. The van der Waals surface area contributed by atoms with Crippen LogP contribution in [0, 0.1) is 11.6 Å². The Kier molecular flexibility index (Phi) is 5.26. The molecule has 0 atom stereocenters. The number of aryl methyl sites for hydroxylation is 1. The summed E-state index contributed by atoms with van der Waals surface area (Å²) in [5.41, 5.74) is 2.21. The number of aromatic nitrogens is 2. The van der Waals surface area contributed by atoms with Gasteiger partial charge in [0.05, 0.1) is 0 Å². The first kappa shape index (κ1) is 17.6. The maximum Gasteiger partial charge on any atom is 0.320 e. The van der Waals surface area contributed by atoms with Crippen molar-refractivity contribution in [2.75, 3.05) is 11.9 Å². The van der Waals surface area contributed by atoms with E-state index in [0.29, 0.717) is 17.8 Å². The Hall–Kier alpha value is -3.22. The van der Waals surface area contributed by atoms with Crippen molar-refractivity contribution >= 4 is 11.8 Å². The maximum atomic E-state index is 13.2. The smallest absolute Gasteiger partial charge is 0.320 e. The highest BCUT2D eigenvalue weighted by molar-refractivity contribution is 5.92. The Morgan fingerprint density at radius 3 is 2.50 bits per heavy atom. The van der Waals surface area contributed by atoms with E-state index in [1.807, 2.05) is 36.5 Å². The molecule has 0 spiro atoms. The van der Waals surface area contributed by atoms with E-state index in [9.17, 15) is 13.6 Å². The molecule has 0 unspecified atom stereocenters. The van der Waals surface area contributed by atoms with Gasteiger partial charge in [-0.15, -0.1) is 0 Å². The lowest BCUT2D eigenvalue weighted by molar-refractivity contribution is 0.252. The number of carbonyl (C=O) groups excluding carboxylic acids is 1. The first-order valence-electron chi connectivity index (χ1n) is 8.10. The van der Waals surface area contributed by atoms with Gasteiger partial charge in [-0.1, -0.05) is 30.3 Å². The summed E-state index contributed by atoms with van der Waals surface area (Å²) in [5.74, 6) is -0.830. The van der Waals surface area contributed by atoms with Gasteiger partial charge in [-0.25, -0.2) is 13.6 Å². The number of hydrogen-bond acceptors (Lipinski definition) is 2. The third kappa shape index (κ3) is 4.44. The molecule has 0 radical (unpaired) electrons. The zero-order chi connectivity index (χ0) is 18.5. The normalized spacial score (nSPS) is 10.6. The fourth-order valence-electron chi connectivity index (χ4n) is 2.64. The number of amides is 2. The van der Waals surface area contributed by atoms with Gasteiger partial charge in [-0.2, -0.15) is 5.10 Å². The third-order valence-electron chi connectivity index (χ3n) is 3.77. The zero-order valence-electron chi connectivity index (χ0n) is 14.2. The molecule has 26 heavy (non-hydrogen) atoms. The summed E-state index contributed by atoms with van der Waals surface area (Å²) in [6.07, 6.45) is 2.14. The topological polar surface area (TPSA) is 59.0 Å². The third-order valence-corrected chi connectivity index (χ3v) is 3.77. The highest BCUT2D eigenvalue weighted by atomic mass is 19.1. The number of rotatable bonds is 5. The SMILES string of the molecule is Cn1cc(-c2ccccc2)c(NC(=O)NCCc2cc(F)cc(F)c2)n1. The van der Waals surface area contributed by atoms with Gasteiger partial charge >= 0.3 is 6.03 Å². The Morgan fingerprint density at radius 1 is 1.12 bits per heavy atom. The Bertz CT molecular complexity index is 889. The number of hydrogen-bond donors (Lipinski definition) is 2. The van der Waals surface area contributed by atoms with Gasteiger partial charge < -0.3 is 5.32 Å². The van der Waals surface area contributed by atoms with Gasteiger partial charge in [0.25, 0.3) is 0 Å². The van der Waals surface area contributed by atoms with E-state index in [4.69, 9.17) is 0 Å². The largest absolute Gasteiger partial charge is 0.337 e. The second-order valence-corrected chi connectivity index (χ2v) is 5.84. The average molecular weight is 356 g/mol. The molecule has 3 rings (SSSR count). The molecule has 5 nitrogen and oxygen atoms in total. The zero-order valence-corrected chi connectivity index (χ0v) is 14.2. The average Bonchev–Trinajstić information content (AvgIpc) is 2.95. The highest BCUT2D eigenvalue weighted by Crippen LogP contribution is 2.26. The van der Waals surface area contributed by atoms with Gasteiger partial charge in [-0.05, 0) is 29.7 Å². The van der Waals surface area contributed by atoms with Crippen molar-refractivity contribution in [3.63, 3.8) is 0 Å². The molecule has 2 amide bonds. The predicted molar refractivity (Wildman–Crippen MR) is 95.7 cm³/mol. The van der Waals surface area contributed by atoms with E-state index in [1.165, 1.54) is 12.1 Å². The summed E-state index contributed by atoms with van der Waals surface area (Å²) in [6.45, 7) is 0.238. The lowest BCUT2D eigenvalue weighted by Gasteiger charge is -2.08. The number of halogens is 2. The quantitative estimate of drug-likeness (QED) is 0.732. The summed E-state index contributed by atoms with van der Waals surface area (Å²) in [7, 11) is 1.77. The van der Waals surface area contributed by atoms with Crippen molar-refractivity contribution < 1.29 is 13.6 Å². The van der Waals surface area contributed by atoms with Crippen LogP contribution in [0.3, 0.4) is 0 Å². The highest BCUT2D eigenvalue weighted by Gasteiger charge is 2.12. The lowest BCUT2D eigenvalue weighted by atomic mass is 10.1. The summed E-state index contributed by atoms with van der Waals surface area (Å²) < 4.78 is 27.9. The molecule has 0 aliphatic rings. The number of nitrogens with one attached hydrogen (secondary N) is 2. The molecule has 0 saturated heterocycles. The van der Waals surface area contributed by atoms with E-state index in [0.717, 1.165) is 17.2 Å². The molecule has 7 heteroatoms. The Morgan fingerprint density at radius 2 is 1.81 bits per heavy atom. The molecule has 1 heterocycles. The first-order chi connectivity index (χ1) is 12.5. The van der Waals surface area contributed by atoms with Crippen LogP contribution < -0.4 is 10.6 Å². The van der Waals surface area contributed by atoms with Gasteiger partial charge in [0.2, 0.25) is 0 Å². The van der Waals surface area contributed by atoms with Crippen molar-refractivity contribution in [2.45, 2.75) is 6.42 Å². The van der Waals surface area contributed by atoms with E-state index in [1.54, 1.807) is 11.7 Å². The monoisotopic (exact) mass is 356 g/mol. The van der Waals surface area contributed by atoms with Crippen LogP contribution in [0.15, 0.2) is 54.7 Å². The fraction of sp³-hybridized carbons (Fsp3) is 0.158. The summed E-state index contributed by atoms with van der Waals surface area (Å²) in [5, 5.41) is 9.63. The molecule has 1 aromatic heterocycles. The molecule has 0 saturated carbocycles. The number of urea groups is 1. The number of carbonyl (C=O) groups is 1. The van der Waals surface area contributed by atoms with Gasteiger partial charge in [0.1, 0.15) is 11.6 Å². The van der Waals surface area contributed by atoms with Crippen molar-refractivity contribution in [1.82, 2.24) is 15.1 Å². The molecule has 0 fully saturated rings. The summed E-state index contributed by atoms with van der Waals surface area (Å²) in [4.78, 5) is 12.1. The first-order valence-corrected chi connectivity index (χ1v) is 8.10. The minimum absolute atomic E-state index is 0.238. The van der Waals surface area contributed by atoms with Crippen LogP contribution in [-0.4, -0.2) is 22.4 Å². The second kappa shape index (κ2) is 7.77. The molecular formula is C19H18F2N4O. The van der Waals surface area contributed by atoms with Crippen molar-refractivity contribution in [2.24, 2.45) is 7.05 Å². The van der Waals surface area contributed by atoms with Gasteiger partial charge in [-0.3, -0.25) is 10.00 Å². The van der Waals surface area contributed by atoms with Crippen molar-refractivity contribution in [1.29, 1.82) is 0 Å². The van der Waals surface area contributed by atoms with E-state index in [-0.39, 0.29) is 6.54 Å². The van der Waals surface area contributed by atoms with Crippen LogP contribution in [0.25, 0.3) is 11.1 Å². The Labute approximate surface area is 149 Å². The van der Waals surface area contributed by atoms with E-state index < -0.39 is 17.7 Å². The summed E-state index contributed by atoms with van der Waals surface area (Å²) >= 11 is 0. The van der Waals surface area contributed by atoms with Crippen molar-refractivity contribution in [3.8, 4) is 11.1 Å². The van der Waals surface area contributed by atoms with E-state index >= 15 is 0 Å². The fourth-order valence-corrected chi connectivity index (χ4v) is 2.64. The molecule has 2 N–H and O–H groups in total. The molecular weight excluding hydrogens is 338 g/mol. The minimum Gasteiger partial charge on any atom is -0.337 e. The number of benzene rings is 2. The molecule has 134 valence electrons. The Balaban J connectivity index is 1.60. The van der Waals surface area contributed by atoms with Crippen LogP contribution in [0.1, 0.15) is 5.56 Å². The molecule has 0 aliphatic carbocycles. The molecule has 0 bridgehead atoms. The predicted octanol–water partition coefficient (Wildman–Crippen LogP) is 3.73. The number of nitrogens with zero attached hydrogens (tertiary/aromatic N) is 2. The second-order valence-electron chi connectivity index (χ2n) is 5.84. The summed E-state index contributed by atoms with van der Waals surface area (Å²) in [6, 6.07) is 12.5. The van der Waals surface area contributed by atoms with E-state index in [2.05, 4.69) is 15.7 Å². The maximum absolute atomic E-state index is 13.2. The standard InChI is InChI=1S/C19H18F2N4O/c1-25-12-17(14-5-3-2-4-6-14)18(24-25)23-19(26)22-8-7-13-9-15(20)11-16(21)10-13/h2-6,9-12H,7-8H2,1H3,(H2,22,23,24,26). The molecule has 2 aromatic carbocycles. The van der Waals surface area contributed by atoms with Crippen LogP contribution >= 0.6 is 0 Å². The van der Waals surface area contributed by atoms with Crippen molar-refractivity contribution in [3.05, 3.63) is 71.9 Å². The van der Waals surface area contributed by atoms with Crippen LogP contribution in [0.2, 0.25) is 0 Å². The van der Waals surface area contributed by atoms with Gasteiger partial charge in [0, 0.05) is 31.4 Å².